The van der Waals surface area contributed by atoms with Gasteiger partial charge in [-0.1, -0.05) is 6.92 Å². The van der Waals surface area contributed by atoms with Gasteiger partial charge in [-0.25, -0.2) is 0 Å². The molecule has 1 aliphatic heterocycles. The summed E-state index contributed by atoms with van der Waals surface area (Å²) in [4.78, 5) is 0. The van der Waals surface area contributed by atoms with E-state index >= 15 is 0 Å². The van der Waals surface area contributed by atoms with Crippen molar-refractivity contribution in [1.82, 2.24) is 0 Å². The van der Waals surface area contributed by atoms with Crippen LogP contribution in [0.5, 0.6) is 0 Å². The highest BCUT2D eigenvalue weighted by Crippen LogP contribution is 2.39. The molecule has 0 aromatic heterocycles. The summed E-state index contributed by atoms with van der Waals surface area (Å²) in [6.45, 7) is 5.01. The maximum Gasteiger partial charge on any atom is 0.165 e. The van der Waals surface area contributed by atoms with E-state index in [1.54, 1.807) is 0 Å². The van der Waals surface area contributed by atoms with Crippen molar-refractivity contribution >= 4 is 0 Å². The fourth-order valence-corrected chi connectivity index (χ4v) is 2.66. The van der Waals surface area contributed by atoms with Crippen molar-refractivity contribution < 1.29 is 19.3 Å². The lowest BCUT2D eigenvalue weighted by molar-refractivity contribution is -0.305. The Morgan fingerprint density at radius 1 is 1.53 bits per heavy atom. The van der Waals surface area contributed by atoms with Gasteiger partial charge < -0.3 is 25.1 Å². The lowest BCUT2D eigenvalue weighted by Gasteiger charge is -2.42. The zero-order valence-electron chi connectivity index (χ0n) is 10.6. The quantitative estimate of drug-likeness (QED) is 0.743. The van der Waals surface area contributed by atoms with Crippen LogP contribution in [-0.2, 0) is 14.2 Å². The van der Waals surface area contributed by atoms with Crippen LogP contribution in [0.2, 0.25) is 0 Å². The highest BCUT2D eigenvalue weighted by Gasteiger charge is 2.49. The highest BCUT2D eigenvalue weighted by molar-refractivity contribution is 4.98. The summed E-state index contributed by atoms with van der Waals surface area (Å²) in [7, 11) is 0. The molecule has 2 fully saturated rings. The topological polar surface area (TPSA) is 73.9 Å². The second kappa shape index (κ2) is 5.20. The van der Waals surface area contributed by atoms with Crippen LogP contribution < -0.4 is 5.73 Å². The monoisotopic (exact) mass is 245 g/mol. The standard InChI is InChI=1S/C12H23NO4/c1-3-12(2)16-7-8-10(15-5-4-14)6-9(13)11(8)17-12/h8-11,14H,3-7,13H2,1-2H3. The first kappa shape index (κ1) is 13.2. The summed E-state index contributed by atoms with van der Waals surface area (Å²) in [6, 6.07) is -0.00142. The minimum absolute atomic E-state index is 0.00142. The third kappa shape index (κ3) is 2.63. The Morgan fingerprint density at radius 3 is 2.94 bits per heavy atom. The molecule has 0 spiro atoms. The number of nitrogens with two attached hydrogens (primary N) is 1. The van der Waals surface area contributed by atoms with Gasteiger partial charge in [-0.05, 0) is 19.8 Å². The van der Waals surface area contributed by atoms with Crippen molar-refractivity contribution in [3.63, 3.8) is 0 Å². The fraction of sp³-hybridized carbons (Fsp3) is 1.00. The number of ether oxygens (including phenoxy) is 3. The molecule has 100 valence electrons. The zero-order valence-corrected chi connectivity index (χ0v) is 10.6. The largest absolute Gasteiger partial charge is 0.394 e. The molecule has 5 nitrogen and oxygen atoms in total. The van der Waals surface area contributed by atoms with E-state index in [9.17, 15) is 0 Å². The third-order valence-corrected chi connectivity index (χ3v) is 3.86. The van der Waals surface area contributed by atoms with Crippen molar-refractivity contribution in [3.05, 3.63) is 0 Å². The van der Waals surface area contributed by atoms with E-state index < -0.39 is 5.79 Å². The average molecular weight is 245 g/mol. The zero-order chi connectivity index (χ0) is 12.5. The van der Waals surface area contributed by atoms with Crippen LogP contribution in [0, 0.1) is 5.92 Å². The molecule has 0 bridgehead atoms. The van der Waals surface area contributed by atoms with Crippen LogP contribution in [0.3, 0.4) is 0 Å². The predicted molar refractivity (Wildman–Crippen MR) is 62.4 cm³/mol. The molecular weight excluding hydrogens is 222 g/mol. The van der Waals surface area contributed by atoms with E-state index in [0.29, 0.717) is 13.2 Å². The highest BCUT2D eigenvalue weighted by atomic mass is 16.7. The summed E-state index contributed by atoms with van der Waals surface area (Å²) in [6.07, 6.45) is 1.64. The molecule has 0 amide bonds. The van der Waals surface area contributed by atoms with Gasteiger partial charge in [-0.3, -0.25) is 0 Å². The molecule has 1 saturated heterocycles. The second-order valence-electron chi connectivity index (χ2n) is 5.08. The summed E-state index contributed by atoms with van der Waals surface area (Å²) < 4.78 is 17.4. The maximum absolute atomic E-state index is 8.79. The first-order valence-corrected chi connectivity index (χ1v) is 6.39. The van der Waals surface area contributed by atoms with Gasteiger partial charge in [-0.15, -0.1) is 0 Å². The van der Waals surface area contributed by atoms with E-state index in [0.717, 1.165) is 12.8 Å². The molecule has 1 heterocycles. The summed E-state index contributed by atoms with van der Waals surface area (Å²) in [5.74, 6) is -0.318. The van der Waals surface area contributed by atoms with Gasteiger partial charge in [-0.2, -0.15) is 0 Å². The Bertz CT molecular complexity index is 263. The molecule has 2 rings (SSSR count). The molecule has 5 atom stereocenters. The molecule has 0 radical (unpaired) electrons. The Kier molecular flexibility index (Phi) is 4.05. The van der Waals surface area contributed by atoms with E-state index in [4.69, 9.17) is 25.1 Å². The van der Waals surface area contributed by atoms with Crippen LogP contribution in [0.25, 0.3) is 0 Å². The van der Waals surface area contributed by atoms with Gasteiger partial charge in [0.05, 0.1) is 32.0 Å². The Balaban J connectivity index is 1.99. The van der Waals surface area contributed by atoms with E-state index in [-0.39, 0.29) is 30.8 Å². The molecule has 0 aromatic carbocycles. The number of fused-ring (bicyclic) bond motifs is 1. The number of aliphatic hydroxyl groups is 1. The van der Waals surface area contributed by atoms with Crippen LogP contribution in [0.1, 0.15) is 26.7 Å². The number of hydrogen-bond donors (Lipinski definition) is 2. The van der Waals surface area contributed by atoms with Gasteiger partial charge in [0, 0.05) is 12.0 Å². The summed E-state index contributed by atoms with van der Waals surface area (Å²) in [5.41, 5.74) is 6.10. The van der Waals surface area contributed by atoms with Crippen LogP contribution in [0.15, 0.2) is 0 Å². The molecule has 3 N–H and O–H groups in total. The first-order chi connectivity index (χ1) is 8.09. The average Bonchev–Trinajstić information content (AvgIpc) is 2.63. The Morgan fingerprint density at radius 2 is 2.29 bits per heavy atom. The van der Waals surface area contributed by atoms with Crippen LogP contribution in [-0.4, -0.2) is 49.0 Å². The SMILES string of the molecule is CCC1(C)OCC2C(OCCO)CC(N)C2O1. The molecular formula is C12H23NO4. The maximum atomic E-state index is 8.79. The van der Waals surface area contributed by atoms with Crippen molar-refractivity contribution in [2.24, 2.45) is 11.7 Å². The van der Waals surface area contributed by atoms with Crippen molar-refractivity contribution in [2.45, 2.75) is 50.7 Å². The smallest absolute Gasteiger partial charge is 0.165 e. The first-order valence-electron chi connectivity index (χ1n) is 6.39. The number of aliphatic hydroxyl groups excluding tert-OH is 1. The molecule has 1 aliphatic carbocycles. The lowest BCUT2D eigenvalue weighted by atomic mass is 10.0. The lowest BCUT2D eigenvalue weighted by Crippen LogP contribution is -2.51. The van der Waals surface area contributed by atoms with Gasteiger partial charge in [0.1, 0.15) is 0 Å². The van der Waals surface area contributed by atoms with Crippen molar-refractivity contribution in [2.75, 3.05) is 19.8 Å². The predicted octanol–water partition coefficient (Wildman–Crippen LogP) is 0.253. The summed E-state index contributed by atoms with van der Waals surface area (Å²) in [5, 5.41) is 8.79. The summed E-state index contributed by atoms with van der Waals surface area (Å²) >= 11 is 0. The second-order valence-corrected chi connectivity index (χ2v) is 5.08. The van der Waals surface area contributed by atoms with Gasteiger partial charge in [0.2, 0.25) is 0 Å². The third-order valence-electron chi connectivity index (χ3n) is 3.86. The Hall–Kier alpha value is -0.200. The van der Waals surface area contributed by atoms with Crippen LogP contribution in [0.4, 0.5) is 0 Å². The normalized spacial score (nSPS) is 45.9. The fourth-order valence-electron chi connectivity index (χ4n) is 2.66. The van der Waals surface area contributed by atoms with E-state index in [1.165, 1.54) is 0 Å². The minimum Gasteiger partial charge on any atom is -0.394 e. The molecule has 1 saturated carbocycles. The van der Waals surface area contributed by atoms with Gasteiger partial charge in [0.25, 0.3) is 0 Å². The van der Waals surface area contributed by atoms with E-state index in [2.05, 4.69) is 0 Å². The van der Waals surface area contributed by atoms with Crippen molar-refractivity contribution in [1.29, 1.82) is 0 Å². The van der Waals surface area contributed by atoms with Crippen LogP contribution >= 0.6 is 0 Å². The molecule has 5 heteroatoms. The molecule has 17 heavy (non-hydrogen) atoms. The molecule has 0 aromatic rings. The van der Waals surface area contributed by atoms with Gasteiger partial charge >= 0.3 is 0 Å². The number of rotatable bonds is 4. The minimum atomic E-state index is -0.509. The Labute approximate surface area is 102 Å². The number of hydrogen-bond acceptors (Lipinski definition) is 5. The van der Waals surface area contributed by atoms with Crippen molar-refractivity contribution in [3.8, 4) is 0 Å². The molecule has 2 aliphatic rings. The van der Waals surface area contributed by atoms with E-state index in [1.807, 2.05) is 13.8 Å². The molecule has 5 unspecified atom stereocenters. The van der Waals surface area contributed by atoms with Gasteiger partial charge in [0.15, 0.2) is 5.79 Å².